The number of aromatic nitrogens is 1. The molecule has 2 aliphatic heterocycles. The van der Waals surface area contributed by atoms with E-state index in [2.05, 4.69) is 32.3 Å². The maximum atomic E-state index is 12.5. The van der Waals surface area contributed by atoms with Crippen molar-refractivity contribution < 1.29 is 4.79 Å². The Bertz CT molecular complexity index is 700. The standard InChI is InChI=1S/C18H21N3OS/c1-13-4-2-5-14(19-13)11-21-16-7-8-20(17(16)10-18(21)22)12-15-6-3-9-23-15/h2-6,9,16-17H,7-8,10-12H2,1H3/t16-,17-/m1/s1. The van der Waals surface area contributed by atoms with E-state index in [1.165, 1.54) is 4.88 Å². The first-order valence-electron chi connectivity index (χ1n) is 8.19. The number of carbonyl (C=O) groups is 1. The number of pyridine rings is 1. The second-order valence-corrected chi connectivity index (χ2v) is 7.50. The molecule has 5 heteroatoms. The zero-order valence-corrected chi connectivity index (χ0v) is 14.1. The predicted molar refractivity (Wildman–Crippen MR) is 91.1 cm³/mol. The molecule has 2 fully saturated rings. The van der Waals surface area contributed by atoms with Crippen molar-refractivity contribution in [1.82, 2.24) is 14.8 Å². The van der Waals surface area contributed by atoms with E-state index in [9.17, 15) is 4.79 Å². The van der Waals surface area contributed by atoms with E-state index in [4.69, 9.17) is 0 Å². The predicted octanol–water partition coefficient (Wildman–Crippen LogP) is 2.83. The third-order valence-electron chi connectivity index (χ3n) is 4.95. The van der Waals surface area contributed by atoms with Crippen molar-refractivity contribution in [1.29, 1.82) is 0 Å². The van der Waals surface area contributed by atoms with Gasteiger partial charge in [0.05, 0.1) is 12.2 Å². The molecular formula is C18H21N3OS. The molecule has 2 aliphatic rings. The van der Waals surface area contributed by atoms with E-state index in [0.717, 1.165) is 30.9 Å². The summed E-state index contributed by atoms with van der Waals surface area (Å²) in [7, 11) is 0. The summed E-state index contributed by atoms with van der Waals surface area (Å²) >= 11 is 1.80. The molecule has 0 unspecified atom stereocenters. The second-order valence-electron chi connectivity index (χ2n) is 6.47. The summed E-state index contributed by atoms with van der Waals surface area (Å²) in [5.74, 6) is 0.277. The fourth-order valence-electron chi connectivity index (χ4n) is 3.88. The Morgan fingerprint density at radius 1 is 1.22 bits per heavy atom. The van der Waals surface area contributed by atoms with E-state index >= 15 is 0 Å². The Labute approximate surface area is 140 Å². The van der Waals surface area contributed by atoms with Crippen molar-refractivity contribution in [2.24, 2.45) is 0 Å². The molecule has 1 amide bonds. The van der Waals surface area contributed by atoms with Crippen molar-refractivity contribution in [2.45, 2.75) is 44.9 Å². The Balaban J connectivity index is 1.48. The van der Waals surface area contributed by atoms with E-state index in [1.54, 1.807) is 11.3 Å². The summed E-state index contributed by atoms with van der Waals surface area (Å²) in [6.45, 7) is 4.70. The molecule has 4 rings (SSSR count). The fraction of sp³-hybridized carbons (Fsp3) is 0.444. The minimum atomic E-state index is 0.277. The van der Waals surface area contributed by atoms with Gasteiger partial charge in [-0.25, -0.2) is 0 Å². The molecule has 4 nitrogen and oxygen atoms in total. The van der Waals surface area contributed by atoms with Crippen molar-refractivity contribution in [3.8, 4) is 0 Å². The molecule has 0 spiro atoms. The van der Waals surface area contributed by atoms with Crippen LogP contribution < -0.4 is 0 Å². The highest BCUT2D eigenvalue weighted by molar-refractivity contribution is 7.09. The van der Waals surface area contributed by atoms with Gasteiger partial charge in [-0.15, -0.1) is 11.3 Å². The van der Waals surface area contributed by atoms with Crippen molar-refractivity contribution in [2.75, 3.05) is 6.54 Å². The number of hydrogen-bond donors (Lipinski definition) is 0. The maximum Gasteiger partial charge on any atom is 0.224 e. The number of aryl methyl sites for hydroxylation is 1. The fourth-order valence-corrected chi connectivity index (χ4v) is 4.61. The van der Waals surface area contributed by atoms with Crippen LogP contribution in [-0.4, -0.2) is 39.3 Å². The monoisotopic (exact) mass is 327 g/mol. The Morgan fingerprint density at radius 2 is 2.13 bits per heavy atom. The zero-order valence-electron chi connectivity index (χ0n) is 13.3. The minimum Gasteiger partial charge on any atom is -0.332 e. The van der Waals surface area contributed by atoms with Gasteiger partial charge in [0.2, 0.25) is 5.91 Å². The molecular weight excluding hydrogens is 306 g/mol. The molecule has 23 heavy (non-hydrogen) atoms. The van der Waals surface area contributed by atoms with Gasteiger partial charge in [-0.3, -0.25) is 14.7 Å². The van der Waals surface area contributed by atoms with E-state index in [-0.39, 0.29) is 5.91 Å². The molecule has 0 bridgehead atoms. The summed E-state index contributed by atoms with van der Waals surface area (Å²) in [5, 5.41) is 2.12. The van der Waals surface area contributed by atoms with E-state index < -0.39 is 0 Å². The molecule has 4 heterocycles. The highest BCUT2D eigenvalue weighted by atomic mass is 32.1. The Kier molecular flexibility index (Phi) is 3.91. The third-order valence-corrected chi connectivity index (χ3v) is 5.81. The van der Waals surface area contributed by atoms with Crippen LogP contribution in [0.3, 0.4) is 0 Å². The van der Waals surface area contributed by atoms with E-state index in [1.807, 2.05) is 25.1 Å². The normalized spacial score (nSPS) is 24.4. The van der Waals surface area contributed by atoms with Crippen LogP contribution in [0.2, 0.25) is 0 Å². The maximum absolute atomic E-state index is 12.5. The average Bonchev–Trinajstić information content (AvgIpc) is 3.22. The van der Waals surface area contributed by atoms with Crippen molar-refractivity contribution >= 4 is 17.2 Å². The number of hydrogen-bond acceptors (Lipinski definition) is 4. The number of thiophene rings is 1. The second kappa shape index (κ2) is 6.06. The SMILES string of the molecule is Cc1cccc(CN2C(=O)C[C@@H]3[C@H]2CCN3Cc2cccs2)n1. The van der Waals surface area contributed by atoms with Gasteiger partial charge in [0.1, 0.15) is 0 Å². The number of amides is 1. The van der Waals surface area contributed by atoms with Crippen LogP contribution in [0.1, 0.15) is 29.1 Å². The van der Waals surface area contributed by atoms with Gasteiger partial charge in [-0.1, -0.05) is 12.1 Å². The van der Waals surface area contributed by atoms with Crippen LogP contribution in [0.25, 0.3) is 0 Å². The van der Waals surface area contributed by atoms with Gasteiger partial charge in [0, 0.05) is 42.2 Å². The highest BCUT2D eigenvalue weighted by Gasteiger charge is 2.46. The van der Waals surface area contributed by atoms with Gasteiger partial charge >= 0.3 is 0 Å². The van der Waals surface area contributed by atoms with Crippen LogP contribution in [-0.2, 0) is 17.9 Å². The molecule has 2 atom stereocenters. The largest absolute Gasteiger partial charge is 0.332 e. The number of rotatable bonds is 4. The lowest BCUT2D eigenvalue weighted by Gasteiger charge is -2.25. The van der Waals surface area contributed by atoms with E-state index in [0.29, 0.717) is 25.0 Å². The Morgan fingerprint density at radius 3 is 2.91 bits per heavy atom. The van der Waals surface area contributed by atoms with Crippen LogP contribution in [0, 0.1) is 6.92 Å². The lowest BCUT2D eigenvalue weighted by Crippen LogP contribution is -2.36. The molecule has 0 aromatic carbocycles. The molecule has 2 aromatic rings. The lowest BCUT2D eigenvalue weighted by atomic mass is 10.1. The van der Waals surface area contributed by atoms with Crippen LogP contribution >= 0.6 is 11.3 Å². The summed E-state index contributed by atoms with van der Waals surface area (Å²) < 4.78 is 0. The molecule has 0 N–H and O–H groups in total. The average molecular weight is 327 g/mol. The first-order valence-corrected chi connectivity index (χ1v) is 9.07. The molecule has 2 saturated heterocycles. The smallest absolute Gasteiger partial charge is 0.224 e. The van der Waals surface area contributed by atoms with Gasteiger partial charge < -0.3 is 4.90 Å². The molecule has 0 aliphatic carbocycles. The summed E-state index contributed by atoms with van der Waals surface area (Å²) in [6.07, 6.45) is 1.73. The molecule has 120 valence electrons. The molecule has 0 radical (unpaired) electrons. The lowest BCUT2D eigenvalue weighted by molar-refractivity contribution is -0.129. The van der Waals surface area contributed by atoms with Gasteiger partial charge in [-0.2, -0.15) is 0 Å². The number of nitrogens with zero attached hydrogens (tertiary/aromatic N) is 3. The zero-order chi connectivity index (χ0) is 15.8. The third kappa shape index (κ3) is 2.91. The summed E-state index contributed by atoms with van der Waals surface area (Å²) in [4.78, 5) is 23.0. The number of fused-ring (bicyclic) bond motifs is 1. The highest BCUT2D eigenvalue weighted by Crippen LogP contribution is 2.34. The molecule has 0 saturated carbocycles. The van der Waals surface area contributed by atoms with Crippen molar-refractivity contribution in [3.63, 3.8) is 0 Å². The first-order chi connectivity index (χ1) is 11.2. The van der Waals surface area contributed by atoms with Crippen molar-refractivity contribution in [3.05, 3.63) is 52.0 Å². The topological polar surface area (TPSA) is 36.4 Å². The first kappa shape index (κ1) is 14.8. The Hall–Kier alpha value is -1.72. The minimum absolute atomic E-state index is 0.277. The van der Waals surface area contributed by atoms with Gasteiger partial charge in [0.15, 0.2) is 0 Å². The van der Waals surface area contributed by atoms with Gasteiger partial charge in [-0.05, 0) is 36.9 Å². The quantitative estimate of drug-likeness (QED) is 0.866. The molecule has 2 aromatic heterocycles. The van der Waals surface area contributed by atoms with Gasteiger partial charge in [0.25, 0.3) is 0 Å². The summed E-state index contributed by atoms with van der Waals surface area (Å²) in [6, 6.07) is 11.0. The van der Waals surface area contributed by atoms with Crippen LogP contribution in [0.5, 0.6) is 0 Å². The number of likely N-dealkylation sites (tertiary alicyclic amines) is 2. The number of carbonyl (C=O) groups excluding carboxylic acids is 1. The van der Waals surface area contributed by atoms with Crippen LogP contribution in [0.15, 0.2) is 35.7 Å². The van der Waals surface area contributed by atoms with Crippen LogP contribution in [0.4, 0.5) is 0 Å². The summed E-state index contributed by atoms with van der Waals surface area (Å²) in [5.41, 5.74) is 2.01.